The molecule has 1 aliphatic carbocycles. The fourth-order valence-electron chi connectivity index (χ4n) is 3.73. The van der Waals surface area contributed by atoms with E-state index >= 15 is 0 Å². The Kier molecular flexibility index (Phi) is 8.03. The molecule has 33 heavy (non-hydrogen) atoms. The summed E-state index contributed by atoms with van der Waals surface area (Å²) in [6.45, 7) is 8.67. The van der Waals surface area contributed by atoms with E-state index in [1.54, 1.807) is 40.6 Å². The zero-order valence-electron chi connectivity index (χ0n) is 19.4. The third kappa shape index (κ3) is 6.31. The van der Waals surface area contributed by atoms with Gasteiger partial charge in [0.25, 0.3) is 5.91 Å². The second kappa shape index (κ2) is 10.9. The Balaban J connectivity index is 0.000000323. The molecule has 8 nitrogen and oxygen atoms in total. The number of nitrogens with one attached hydrogen (secondary N) is 1. The van der Waals surface area contributed by atoms with Crippen molar-refractivity contribution in [1.82, 2.24) is 14.3 Å². The Labute approximate surface area is 194 Å². The Morgan fingerprint density at radius 1 is 1.30 bits per heavy atom. The van der Waals surface area contributed by atoms with Gasteiger partial charge in [0, 0.05) is 31.6 Å². The smallest absolute Gasteiger partial charge is 0.274 e. The van der Waals surface area contributed by atoms with Crippen LogP contribution in [-0.4, -0.2) is 45.1 Å². The molecule has 2 aromatic heterocycles. The third-order valence-electron chi connectivity index (χ3n) is 5.86. The number of carbonyl (C=O) groups is 3. The van der Waals surface area contributed by atoms with Crippen molar-refractivity contribution in [3.63, 3.8) is 0 Å². The highest BCUT2D eigenvalue weighted by molar-refractivity contribution is 5.94. The van der Waals surface area contributed by atoms with Crippen LogP contribution in [-0.2, 0) is 9.59 Å². The van der Waals surface area contributed by atoms with Crippen LogP contribution in [0, 0.1) is 11.8 Å². The number of imidazole rings is 1. The molecule has 0 radical (unpaired) electrons. The second-order valence-corrected chi connectivity index (χ2v) is 8.47. The number of rotatable bonds is 6. The van der Waals surface area contributed by atoms with E-state index in [1.807, 2.05) is 0 Å². The number of primary amides is 1. The number of amides is 3. The lowest BCUT2D eigenvalue weighted by atomic mass is 9.97. The number of aromatic nitrogens is 2. The monoisotopic (exact) mass is 451 g/mol. The van der Waals surface area contributed by atoms with Crippen molar-refractivity contribution in [2.45, 2.75) is 46.0 Å². The summed E-state index contributed by atoms with van der Waals surface area (Å²) in [6.07, 6.45) is 10.3. The summed E-state index contributed by atoms with van der Waals surface area (Å²) in [5.41, 5.74) is 7.62. The molecule has 4 rings (SSSR count). The van der Waals surface area contributed by atoms with Gasteiger partial charge >= 0.3 is 0 Å². The van der Waals surface area contributed by atoms with E-state index in [9.17, 15) is 14.4 Å². The highest BCUT2D eigenvalue weighted by Gasteiger charge is 2.28. The lowest BCUT2D eigenvalue weighted by Crippen LogP contribution is -2.44. The minimum Gasteiger partial charge on any atom is -0.369 e. The van der Waals surface area contributed by atoms with Crippen molar-refractivity contribution >= 4 is 29.2 Å². The van der Waals surface area contributed by atoms with E-state index in [1.165, 1.54) is 12.0 Å². The molecule has 2 atom stereocenters. The summed E-state index contributed by atoms with van der Waals surface area (Å²) in [5, 5.41) is 2.79. The summed E-state index contributed by atoms with van der Waals surface area (Å²) in [7, 11) is 0. The first-order valence-electron chi connectivity index (χ1n) is 11.5. The maximum atomic E-state index is 12.7. The molecule has 2 unspecified atom stereocenters. The predicted molar refractivity (Wildman–Crippen MR) is 129 cm³/mol. The number of nitrogens with two attached hydrogens (primary N) is 1. The molecule has 1 saturated heterocycles. The van der Waals surface area contributed by atoms with Crippen LogP contribution in [0.25, 0.3) is 5.65 Å². The predicted octanol–water partition coefficient (Wildman–Crippen LogP) is 3.55. The zero-order valence-corrected chi connectivity index (χ0v) is 19.4. The van der Waals surface area contributed by atoms with Gasteiger partial charge in [-0.05, 0) is 37.8 Å². The molecule has 176 valence electrons. The Hall–Kier alpha value is -3.42. The molecule has 2 fully saturated rings. The van der Waals surface area contributed by atoms with Crippen LogP contribution in [0.4, 0.5) is 5.82 Å². The normalized spacial score (nSPS) is 19.8. The van der Waals surface area contributed by atoms with Crippen molar-refractivity contribution in [2.75, 3.05) is 18.4 Å². The molecule has 0 bridgehead atoms. The van der Waals surface area contributed by atoms with Crippen molar-refractivity contribution < 1.29 is 14.4 Å². The van der Waals surface area contributed by atoms with Gasteiger partial charge in [0.15, 0.2) is 0 Å². The van der Waals surface area contributed by atoms with Gasteiger partial charge in [-0.15, -0.1) is 0 Å². The zero-order chi connectivity index (χ0) is 24.0. The molecule has 8 heteroatoms. The van der Waals surface area contributed by atoms with Crippen LogP contribution in [0.15, 0.2) is 48.7 Å². The van der Waals surface area contributed by atoms with Crippen LogP contribution in [0.3, 0.4) is 0 Å². The molecule has 1 saturated carbocycles. The summed E-state index contributed by atoms with van der Waals surface area (Å²) in [6, 6.07) is 5.28. The summed E-state index contributed by atoms with van der Waals surface area (Å²) >= 11 is 0. The van der Waals surface area contributed by atoms with Crippen LogP contribution in [0.5, 0.6) is 0 Å². The number of allylic oxidation sites excluding steroid dienone is 3. The highest BCUT2D eigenvalue weighted by Crippen LogP contribution is 2.36. The van der Waals surface area contributed by atoms with Gasteiger partial charge in [-0.1, -0.05) is 44.2 Å². The van der Waals surface area contributed by atoms with E-state index in [2.05, 4.69) is 36.0 Å². The molecule has 2 aromatic rings. The number of carbonyl (C=O) groups excluding carboxylic acids is 3. The van der Waals surface area contributed by atoms with E-state index < -0.39 is 0 Å². The molecule has 3 amide bonds. The van der Waals surface area contributed by atoms with Gasteiger partial charge < -0.3 is 16.0 Å². The fraction of sp³-hybridized carbons (Fsp3) is 0.440. The number of anilines is 1. The minimum atomic E-state index is -0.378. The van der Waals surface area contributed by atoms with Gasteiger partial charge in [0.2, 0.25) is 11.8 Å². The molecular formula is C25H33N5O3. The number of pyridine rings is 1. The first-order chi connectivity index (χ1) is 15.8. The quantitative estimate of drug-likeness (QED) is 0.655. The molecule has 0 aromatic carbocycles. The molecule has 2 aliphatic rings. The highest BCUT2D eigenvalue weighted by atomic mass is 16.2. The lowest BCUT2D eigenvalue weighted by molar-refractivity contribution is -0.123. The van der Waals surface area contributed by atoms with Crippen molar-refractivity contribution in [2.24, 2.45) is 17.6 Å². The molecule has 3 heterocycles. The van der Waals surface area contributed by atoms with Gasteiger partial charge in [-0.25, -0.2) is 4.98 Å². The Bertz CT molecular complexity index is 1070. The topological polar surface area (TPSA) is 110 Å². The molecular weight excluding hydrogens is 418 g/mol. The molecule has 1 aliphatic heterocycles. The van der Waals surface area contributed by atoms with Crippen molar-refractivity contribution in [1.29, 1.82) is 0 Å². The van der Waals surface area contributed by atoms with Gasteiger partial charge in [-0.3, -0.25) is 18.8 Å². The average molecular weight is 452 g/mol. The number of piperidine rings is 1. The van der Waals surface area contributed by atoms with Gasteiger partial charge in [-0.2, -0.15) is 0 Å². The summed E-state index contributed by atoms with van der Waals surface area (Å²) < 4.78 is 1.68. The van der Waals surface area contributed by atoms with E-state index in [-0.39, 0.29) is 29.3 Å². The number of hydrogen-bond donors (Lipinski definition) is 2. The first kappa shape index (κ1) is 24.2. The Morgan fingerprint density at radius 3 is 2.70 bits per heavy atom. The van der Waals surface area contributed by atoms with Crippen LogP contribution >= 0.6 is 0 Å². The van der Waals surface area contributed by atoms with Crippen molar-refractivity contribution in [3.05, 3.63) is 54.4 Å². The molecule has 0 spiro atoms. The SMILES string of the molecule is C=C1CC1/C=C\CC.CCC(=O)Nc1cccc2nc(C(=O)N3CCCC(C(N)=O)C3)cn12. The fourth-order valence-corrected chi connectivity index (χ4v) is 3.73. The van der Waals surface area contributed by atoms with E-state index in [0.29, 0.717) is 37.4 Å². The minimum absolute atomic E-state index is 0.116. The third-order valence-corrected chi connectivity index (χ3v) is 5.86. The number of nitrogens with zero attached hydrogens (tertiary/aromatic N) is 3. The van der Waals surface area contributed by atoms with Crippen LogP contribution in [0.1, 0.15) is 56.4 Å². The standard InChI is InChI=1S/C17H21N5O3.C8H12/c1-2-15(23)20-14-7-3-6-13-19-12(10-22(13)14)17(25)21-8-4-5-11(9-21)16(18)24;1-3-4-5-8-6-7(8)2/h3,6-7,10-11H,2,4-5,8-9H2,1H3,(H2,18,24)(H,20,23);4-5,8H,2-3,6H2,1H3/b;5-4-. The molecule has 3 N–H and O–H groups in total. The van der Waals surface area contributed by atoms with E-state index in [4.69, 9.17) is 5.73 Å². The second-order valence-electron chi connectivity index (χ2n) is 8.47. The Morgan fingerprint density at radius 2 is 2.06 bits per heavy atom. The number of likely N-dealkylation sites (tertiary alicyclic amines) is 1. The largest absolute Gasteiger partial charge is 0.369 e. The van der Waals surface area contributed by atoms with Crippen LogP contribution in [0.2, 0.25) is 0 Å². The van der Waals surface area contributed by atoms with E-state index in [0.717, 1.165) is 18.8 Å². The van der Waals surface area contributed by atoms with Crippen LogP contribution < -0.4 is 11.1 Å². The maximum absolute atomic E-state index is 12.7. The average Bonchev–Trinajstić information content (AvgIpc) is 3.34. The number of fused-ring (bicyclic) bond motifs is 1. The summed E-state index contributed by atoms with van der Waals surface area (Å²) in [4.78, 5) is 41.8. The lowest BCUT2D eigenvalue weighted by Gasteiger charge is -2.30. The van der Waals surface area contributed by atoms with Crippen molar-refractivity contribution in [3.8, 4) is 0 Å². The maximum Gasteiger partial charge on any atom is 0.274 e. The number of hydrogen-bond acceptors (Lipinski definition) is 4. The summed E-state index contributed by atoms with van der Waals surface area (Å²) in [5.74, 6) is 0.266. The first-order valence-corrected chi connectivity index (χ1v) is 11.5. The van der Waals surface area contributed by atoms with Gasteiger partial charge in [0.1, 0.15) is 17.2 Å². The van der Waals surface area contributed by atoms with Gasteiger partial charge in [0.05, 0.1) is 5.92 Å².